The Bertz CT molecular complexity index is 1190. The van der Waals surface area contributed by atoms with Crippen LogP contribution in [0.25, 0.3) is 0 Å². The second-order valence-electron chi connectivity index (χ2n) is 10.1. The fourth-order valence-corrected chi connectivity index (χ4v) is 4.93. The van der Waals surface area contributed by atoms with Crippen LogP contribution in [0, 0.1) is 13.8 Å². The first-order chi connectivity index (χ1) is 16.7. The maximum absolute atomic E-state index is 13.8. The molecule has 0 unspecified atom stereocenters. The third kappa shape index (κ3) is 7.98. The van der Waals surface area contributed by atoms with Gasteiger partial charge in [-0.2, -0.15) is 0 Å². The molecule has 0 spiro atoms. The van der Waals surface area contributed by atoms with Gasteiger partial charge in [0.1, 0.15) is 18.3 Å². The monoisotopic (exact) mass is 517 g/mol. The predicted octanol–water partition coefficient (Wildman–Crippen LogP) is 3.80. The molecular weight excluding hydrogens is 478 g/mol. The lowest BCUT2D eigenvalue weighted by Gasteiger charge is -2.34. The molecule has 2 amide bonds. The number of benzene rings is 2. The van der Waals surface area contributed by atoms with Gasteiger partial charge >= 0.3 is 0 Å². The molecular formula is C27H39N3O5S. The molecule has 1 atom stereocenters. The highest BCUT2D eigenvalue weighted by Crippen LogP contribution is 2.25. The van der Waals surface area contributed by atoms with Gasteiger partial charge in [0.25, 0.3) is 0 Å². The van der Waals surface area contributed by atoms with Crippen molar-refractivity contribution in [2.24, 2.45) is 0 Å². The Morgan fingerprint density at radius 1 is 1.08 bits per heavy atom. The van der Waals surface area contributed by atoms with E-state index in [9.17, 15) is 18.0 Å². The number of amides is 2. The Morgan fingerprint density at radius 2 is 1.75 bits per heavy atom. The smallest absolute Gasteiger partial charge is 0.244 e. The summed E-state index contributed by atoms with van der Waals surface area (Å²) in [5.41, 5.74) is 2.44. The van der Waals surface area contributed by atoms with Crippen molar-refractivity contribution in [2.75, 3.05) is 24.2 Å². The number of hydrogen-bond acceptors (Lipinski definition) is 5. The highest BCUT2D eigenvalue weighted by molar-refractivity contribution is 7.92. The number of carbonyl (C=O) groups excluding carboxylic acids is 2. The van der Waals surface area contributed by atoms with E-state index in [1.165, 1.54) is 4.90 Å². The lowest BCUT2D eigenvalue weighted by atomic mass is 10.1. The zero-order chi connectivity index (χ0) is 27.3. The molecule has 0 aliphatic rings. The highest BCUT2D eigenvalue weighted by Gasteiger charge is 2.33. The van der Waals surface area contributed by atoms with Crippen molar-refractivity contribution in [2.45, 2.75) is 66.1 Å². The number of nitrogens with one attached hydrogen (secondary N) is 1. The molecule has 1 N–H and O–H groups in total. The molecule has 0 radical (unpaired) electrons. The fraction of sp³-hybridized carbons (Fsp3) is 0.481. The second kappa shape index (κ2) is 11.8. The van der Waals surface area contributed by atoms with E-state index in [1.807, 2.05) is 65.8 Å². The third-order valence-electron chi connectivity index (χ3n) is 5.67. The molecule has 0 heterocycles. The summed E-state index contributed by atoms with van der Waals surface area (Å²) in [6, 6.07) is 11.8. The van der Waals surface area contributed by atoms with Crippen LogP contribution in [-0.4, -0.2) is 56.6 Å². The minimum atomic E-state index is -3.78. The van der Waals surface area contributed by atoms with E-state index >= 15 is 0 Å². The van der Waals surface area contributed by atoms with Crippen LogP contribution in [0.5, 0.6) is 5.75 Å². The minimum Gasteiger partial charge on any atom is -0.497 e. The average Bonchev–Trinajstić information content (AvgIpc) is 2.76. The molecule has 8 nitrogen and oxygen atoms in total. The van der Waals surface area contributed by atoms with Crippen molar-refractivity contribution in [3.8, 4) is 5.75 Å². The number of hydrogen-bond donors (Lipinski definition) is 1. The van der Waals surface area contributed by atoms with E-state index in [0.29, 0.717) is 17.9 Å². The summed E-state index contributed by atoms with van der Waals surface area (Å²) >= 11 is 0. The Hall–Kier alpha value is -3.07. The number of methoxy groups -OCH3 is 1. The van der Waals surface area contributed by atoms with Gasteiger partial charge in [-0.15, -0.1) is 0 Å². The van der Waals surface area contributed by atoms with Crippen LogP contribution in [0.4, 0.5) is 5.69 Å². The van der Waals surface area contributed by atoms with Gasteiger partial charge in [0.15, 0.2) is 0 Å². The number of sulfonamides is 1. The topological polar surface area (TPSA) is 96.0 Å². The third-order valence-corrected chi connectivity index (χ3v) is 6.80. The van der Waals surface area contributed by atoms with Gasteiger partial charge in [-0.25, -0.2) is 8.42 Å². The summed E-state index contributed by atoms with van der Waals surface area (Å²) in [5.74, 6) is -0.141. The van der Waals surface area contributed by atoms with E-state index in [4.69, 9.17) is 4.74 Å². The Labute approximate surface area is 215 Å². The van der Waals surface area contributed by atoms with Crippen molar-refractivity contribution in [1.82, 2.24) is 10.2 Å². The first-order valence-electron chi connectivity index (χ1n) is 12.0. The molecule has 9 heteroatoms. The van der Waals surface area contributed by atoms with E-state index in [1.54, 1.807) is 25.3 Å². The molecule has 2 rings (SSSR count). The molecule has 0 fully saturated rings. The van der Waals surface area contributed by atoms with E-state index in [2.05, 4.69) is 5.32 Å². The Balaban J connectivity index is 2.51. The van der Waals surface area contributed by atoms with E-state index in [0.717, 1.165) is 27.3 Å². The number of carbonyl (C=O) groups is 2. The fourth-order valence-electron chi connectivity index (χ4n) is 4.02. The van der Waals surface area contributed by atoms with Crippen LogP contribution in [0.3, 0.4) is 0 Å². The normalized spacial score (nSPS) is 12.6. The van der Waals surface area contributed by atoms with Gasteiger partial charge in [0.2, 0.25) is 21.8 Å². The molecule has 0 saturated carbocycles. The summed E-state index contributed by atoms with van der Waals surface area (Å²) in [5, 5.41) is 2.96. The van der Waals surface area contributed by atoms with Gasteiger partial charge < -0.3 is 15.0 Å². The van der Waals surface area contributed by atoms with Crippen LogP contribution >= 0.6 is 0 Å². The van der Waals surface area contributed by atoms with Crippen molar-refractivity contribution in [3.05, 3.63) is 59.2 Å². The van der Waals surface area contributed by atoms with Crippen LogP contribution < -0.4 is 14.4 Å². The second-order valence-corrected chi connectivity index (χ2v) is 12.0. The van der Waals surface area contributed by atoms with Gasteiger partial charge in [-0.05, 0) is 70.4 Å². The number of anilines is 1. The van der Waals surface area contributed by atoms with Crippen molar-refractivity contribution in [1.29, 1.82) is 0 Å². The molecule has 0 aliphatic heterocycles. The molecule has 0 saturated heterocycles. The van der Waals surface area contributed by atoms with Gasteiger partial charge in [-0.3, -0.25) is 13.9 Å². The summed E-state index contributed by atoms with van der Waals surface area (Å²) in [6.45, 7) is 10.9. The molecule has 2 aromatic rings. The van der Waals surface area contributed by atoms with Crippen molar-refractivity contribution < 1.29 is 22.7 Å². The quantitative estimate of drug-likeness (QED) is 0.517. The Morgan fingerprint density at radius 3 is 2.28 bits per heavy atom. The minimum absolute atomic E-state index is 0.122. The van der Waals surface area contributed by atoms with Gasteiger partial charge in [0.05, 0.1) is 19.1 Å². The average molecular weight is 518 g/mol. The maximum atomic E-state index is 13.8. The zero-order valence-corrected chi connectivity index (χ0v) is 23.4. The number of nitrogens with zero attached hydrogens (tertiary/aromatic N) is 2. The van der Waals surface area contributed by atoms with Crippen molar-refractivity contribution >= 4 is 27.5 Å². The van der Waals surface area contributed by atoms with Crippen LogP contribution in [0.2, 0.25) is 0 Å². The number of rotatable bonds is 10. The zero-order valence-electron chi connectivity index (χ0n) is 22.6. The highest BCUT2D eigenvalue weighted by atomic mass is 32.2. The van der Waals surface area contributed by atoms with Crippen LogP contribution in [-0.2, 0) is 26.2 Å². The van der Waals surface area contributed by atoms with Gasteiger partial charge in [-0.1, -0.05) is 36.8 Å². The predicted molar refractivity (Wildman–Crippen MR) is 144 cm³/mol. The molecule has 2 aromatic carbocycles. The largest absolute Gasteiger partial charge is 0.497 e. The molecule has 36 heavy (non-hydrogen) atoms. The molecule has 198 valence electrons. The molecule has 0 bridgehead atoms. The van der Waals surface area contributed by atoms with Crippen molar-refractivity contribution in [3.63, 3.8) is 0 Å². The van der Waals surface area contributed by atoms with Gasteiger partial charge in [0, 0.05) is 12.1 Å². The lowest BCUT2D eigenvalue weighted by Crippen LogP contribution is -2.55. The first kappa shape index (κ1) is 29.2. The SMILES string of the molecule is CC[C@@H](C(=O)NC(C)(C)C)N(Cc1cccc(OC)c1)C(=O)CN(c1ccc(C)cc1C)S(C)(=O)=O. The first-order valence-corrected chi connectivity index (χ1v) is 13.8. The standard InChI is InChI=1S/C27H39N3O5S/c1-9-23(26(32)28-27(4,5)6)29(17-21-11-10-12-22(16-21)35-7)25(31)18-30(36(8,33)34)24-14-13-19(2)15-20(24)3/h10-16,23H,9,17-18H2,1-8H3,(H,28,32)/t23-/m0/s1. The van der Waals surface area contributed by atoms with E-state index < -0.39 is 34.1 Å². The number of aryl methyl sites for hydroxylation is 2. The summed E-state index contributed by atoms with van der Waals surface area (Å²) in [4.78, 5) is 28.5. The van der Waals surface area contributed by atoms with Crippen LogP contribution in [0.15, 0.2) is 42.5 Å². The molecule has 0 aromatic heterocycles. The van der Waals surface area contributed by atoms with E-state index in [-0.39, 0.29) is 12.5 Å². The lowest BCUT2D eigenvalue weighted by molar-refractivity contribution is -0.141. The molecule has 0 aliphatic carbocycles. The summed E-state index contributed by atoms with van der Waals surface area (Å²) in [7, 11) is -2.22. The maximum Gasteiger partial charge on any atom is 0.244 e. The summed E-state index contributed by atoms with van der Waals surface area (Å²) in [6.07, 6.45) is 1.44. The summed E-state index contributed by atoms with van der Waals surface area (Å²) < 4.78 is 32.0. The van der Waals surface area contributed by atoms with Crippen LogP contribution in [0.1, 0.15) is 50.8 Å². The number of ether oxygens (including phenoxy) is 1. The Kier molecular flexibility index (Phi) is 9.54.